The van der Waals surface area contributed by atoms with Crippen molar-refractivity contribution in [3.05, 3.63) is 90.5 Å². The van der Waals surface area contributed by atoms with Crippen molar-refractivity contribution in [2.24, 2.45) is 0 Å². The number of benzene rings is 3. The summed E-state index contributed by atoms with van der Waals surface area (Å²) in [5.41, 5.74) is 0.696. The molecule has 3 aromatic rings. The molecule has 3 aromatic carbocycles. The molecule has 0 N–H and O–H groups in total. The van der Waals surface area contributed by atoms with Crippen molar-refractivity contribution in [2.45, 2.75) is 0 Å². The third-order valence-electron chi connectivity index (χ3n) is 3.73. The normalized spacial score (nSPS) is 11.1. The van der Waals surface area contributed by atoms with Crippen LogP contribution in [-0.4, -0.2) is 26.3 Å². The number of carbonyl (C=O) groups excluding carboxylic acids is 1. The van der Waals surface area contributed by atoms with Crippen molar-refractivity contribution in [1.29, 1.82) is 0 Å². The molecule has 0 spiro atoms. The van der Waals surface area contributed by atoms with Crippen molar-refractivity contribution in [1.82, 2.24) is 0 Å². The van der Waals surface area contributed by atoms with Crippen LogP contribution in [0.25, 0.3) is 0 Å². The third kappa shape index (κ3) is 4.11. The van der Waals surface area contributed by atoms with E-state index in [1.807, 2.05) is 60.7 Å². The van der Waals surface area contributed by atoms with Gasteiger partial charge in [0.2, 0.25) is 0 Å². The van der Waals surface area contributed by atoms with Gasteiger partial charge in [0.05, 0.1) is 0 Å². The summed E-state index contributed by atoms with van der Waals surface area (Å²) in [6, 6.07) is 27.4. The molecule has 0 bridgehead atoms. The number of carbonyl (C=O) groups is 1. The topological polar surface area (TPSA) is 26.3 Å². The monoisotopic (exact) mass is 432 g/mol. The minimum atomic E-state index is -2.15. The van der Waals surface area contributed by atoms with Crippen molar-refractivity contribution in [3.63, 3.8) is 0 Å². The van der Waals surface area contributed by atoms with Crippen LogP contribution in [0.1, 0.15) is 10.4 Å². The molecule has 3 rings (SSSR count). The van der Waals surface area contributed by atoms with Crippen molar-refractivity contribution in [3.8, 4) is 5.75 Å². The summed E-state index contributed by atoms with van der Waals surface area (Å²) >= 11 is 5.79. The average Bonchev–Trinajstić information content (AvgIpc) is 2.69. The summed E-state index contributed by atoms with van der Waals surface area (Å²) in [6.45, 7) is 0. The Hall–Kier alpha value is -1.70. The Morgan fingerprint density at radius 3 is 1.76 bits per heavy atom. The zero-order chi connectivity index (χ0) is 17.7. The first-order valence-corrected chi connectivity index (χ1v) is 13.6. The molecule has 0 aliphatic heterocycles. The Labute approximate surface area is 159 Å². The number of methoxy groups -OCH3 is 1. The summed E-state index contributed by atoms with van der Waals surface area (Å²) in [7, 11) is 1.62. The fourth-order valence-corrected chi connectivity index (χ4v) is 11.4. The van der Waals surface area contributed by atoms with E-state index in [9.17, 15) is 4.79 Å². The van der Waals surface area contributed by atoms with Gasteiger partial charge in [-0.1, -0.05) is 0 Å². The SMILES string of the molecule is COc1ccc(C(=O)[Se]P(=S)(c2ccccc2)c2ccccc2)cc1. The van der Waals surface area contributed by atoms with Crippen LogP contribution >= 0.6 is 4.73 Å². The molecule has 25 heavy (non-hydrogen) atoms. The summed E-state index contributed by atoms with van der Waals surface area (Å²) in [4.78, 5) is 13.0. The predicted molar refractivity (Wildman–Crippen MR) is 110 cm³/mol. The Morgan fingerprint density at radius 2 is 1.32 bits per heavy atom. The van der Waals surface area contributed by atoms with Gasteiger partial charge in [-0.15, -0.1) is 0 Å². The standard InChI is InChI=1S/C20H17O2PSSe/c1-22-17-14-12-16(13-15-17)20(21)25-23(24,18-8-4-2-5-9-18)19-10-6-3-7-11-19/h2-15H,1H3. The van der Waals surface area contributed by atoms with Crippen LogP contribution in [0, 0.1) is 0 Å². The second-order valence-corrected chi connectivity index (χ2v) is 16.2. The van der Waals surface area contributed by atoms with Crippen molar-refractivity contribution in [2.75, 3.05) is 7.11 Å². The van der Waals surface area contributed by atoms with Crippen molar-refractivity contribution >= 4 is 46.3 Å². The molecule has 0 saturated carbocycles. The molecule has 126 valence electrons. The Kier molecular flexibility index (Phi) is 5.88. The van der Waals surface area contributed by atoms with Crippen LogP contribution in [0.15, 0.2) is 84.9 Å². The number of ether oxygens (including phenoxy) is 1. The molecule has 0 aliphatic rings. The molecule has 5 heteroatoms. The fraction of sp³-hybridized carbons (Fsp3) is 0.0500. The van der Waals surface area contributed by atoms with Gasteiger partial charge in [-0.25, -0.2) is 0 Å². The molecule has 0 heterocycles. The quantitative estimate of drug-likeness (QED) is 0.441. The summed E-state index contributed by atoms with van der Waals surface area (Å²) in [6.07, 6.45) is 0. The molecule has 0 fully saturated rings. The van der Waals surface area contributed by atoms with Crippen LogP contribution in [0.2, 0.25) is 0 Å². The molecule has 0 amide bonds. The van der Waals surface area contributed by atoms with Gasteiger partial charge >= 0.3 is 159 Å². The number of hydrogen-bond acceptors (Lipinski definition) is 3. The Bertz CT molecular complexity index is 852. The van der Waals surface area contributed by atoms with Crippen LogP contribution in [0.3, 0.4) is 0 Å². The zero-order valence-electron chi connectivity index (χ0n) is 13.7. The average molecular weight is 431 g/mol. The summed E-state index contributed by atoms with van der Waals surface area (Å²) in [5, 5.41) is 2.19. The van der Waals surface area contributed by atoms with Gasteiger partial charge < -0.3 is 0 Å². The molecule has 0 saturated heterocycles. The second-order valence-electron chi connectivity index (χ2n) is 5.33. The van der Waals surface area contributed by atoms with Crippen LogP contribution in [0.4, 0.5) is 0 Å². The van der Waals surface area contributed by atoms with Gasteiger partial charge in [0, 0.05) is 0 Å². The van der Waals surface area contributed by atoms with Gasteiger partial charge in [-0.3, -0.25) is 0 Å². The molecule has 2 nitrogen and oxygen atoms in total. The first-order chi connectivity index (χ1) is 12.1. The maximum atomic E-state index is 13.0. The molecular weight excluding hydrogens is 414 g/mol. The van der Waals surface area contributed by atoms with Crippen LogP contribution in [0.5, 0.6) is 5.75 Å². The first kappa shape index (κ1) is 18.1. The van der Waals surface area contributed by atoms with Gasteiger partial charge in [-0.05, 0) is 0 Å². The molecule has 0 aromatic heterocycles. The van der Waals surface area contributed by atoms with Crippen LogP contribution < -0.4 is 15.3 Å². The molecule has 0 aliphatic carbocycles. The first-order valence-electron chi connectivity index (χ1n) is 7.73. The van der Waals surface area contributed by atoms with Gasteiger partial charge in [-0.2, -0.15) is 0 Å². The van der Waals surface area contributed by atoms with Crippen molar-refractivity contribution < 1.29 is 9.53 Å². The van der Waals surface area contributed by atoms with E-state index in [-0.39, 0.29) is 19.2 Å². The Morgan fingerprint density at radius 1 is 0.840 bits per heavy atom. The van der Waals surface area contributed by atoms with E-state index < -0.39 is 4.73 Å². The van der Waals surface area contributed by atoms with Gasteiger partial charge in [0.25, 0.3) is 0 Å². The van der Waals surface area contributed by atoms with E-state index in [0.29, 0.717) is 5.56 Å². The summed E-state index contributed by atoms with van der Waals surface area (Å²) < 4.78 is 3.15. The second kappa shape index (κ2) is 8.12. The predicted octanol–water partition coefficient (Wildman–Crippen LogP) is 3.59. The van der Waals surface area contributed by atoms with E-state index in [2.05, 4.69) is 24.3 Å². The molecular formula is C20H17O2PSSe. The number of rotatable bonds is 6. The van der Waals surface area contributed by atoms with E-state index in [1.165, 1.54) is 0 Å². The van der Waals surface area contributed by atoms with E-state index in [1.54, 1.807) is 7.11 Å². The van der Waals surface area contributed by atoms with E-state index >= 15 is 0 Å². The fourth-order valence-electron chi connectivity index (χ4n) is 2.40. The number of hydrogen-bond donors (Lipinski definition) is 0. The molecule has 0 atom stereocenters. The van der Waals surface area contributed by atoms with Crippen LogP contribution in [-0.2, 0) is 11.8 Å². The maximum absolute atomic E-state index is 13.0. The Balaban J connectivity index is 1.98. The van der Waals surface area contributed by atoms with E-state index in [4.69, 9.17) is 16.5 Å². The minimum absolute atomic E-state index is 0.131. The molecule has 0 unspecified atom stereocenters. The molecule has 0 radical (unpaired) electrons. The van der Waals surface area contributed by atoms with E-state index in [0.717, 1.165) is 16.4 Å². The summed E-state index contributed by atoms with van der Waals surface area (Å²) in [5.74, 6) is 0.745. The van der Waals surface area contributed by atoms with Gasteiger partial charge in [0.15, 0.2) is 0 Å². The zero-order valence-corrected chi connectivity index (χ0v) is 17.1. The van der Waals surface area contributed by atoms with Gasteiger partial charge in [0.1, 0.15) is 0 Å². The third-order valence-corrected chi connectivity index (χ3v) is 14.3.